The van der Waals surface area contributed by atoms with E-state index >= 15 is 0 Å². The number of carbonyl (C=O) groups excluding carboxylic acids is 2. The highest BCUT2D eigenvalue weighted by atomic mass is 16.6. The number of cyclic esters (lactones) is 1. The van der Waals surface area contributed by atoms with Gasteiger partial charge in [-0.15, -0.1) is 0 Å². The summed E-state index contributed by atoms with van der Waals surface area (Å²) in [4.78, 5) is 32.0. The molecule has 1 heterocycles. The van der Waals surface area contributed by atoms with Crippen LogP contribution in [0.2, 0.25) is 0 Å². The maximum Gasteiger partial charge on any atom is 0.410 e. The monoisotopic (exact) mass is 173 g/mol. The average molecular weight is 173 g/mol. The van der Waals surface area contributed by atoms with Gasteiger partial charge in [-0.25, -0.2) is 9.59 Å². The lowest BCUT2D eigenvalue weighted by Crippen LogP contribution is -2.37. The van der Waals surface area contributed by atoms with E-state index in [1.165, 1.54) is 0 Å². The Morgan fingerprint density at radius 2 is 2.50 bits per heavy atom. The number of hydrogen-bond acceptors (Lipinski definition) is 4. The van der Waals surface area contributed by atoms with Crippen LogP contribution < -0.4 is 0 Å². The zero-order chi connectivity index (χ0) is 9.14. The number of hydrogen-bond donors (Lipinski definition) is 1. The zero-order valence-corrected chi connectivity index (χ0v) is 6.10. The van der Waals surface area contributed by atoms with Crippen molar-refractivity contribution in [3.05, 3.63) is 0 Å². The molecular formula is C6H7NO5. The quantitative estimate of drug-likeness (QED) is 0.447. The van der Waals surface area contributed by atoms with Crippen LogP contribution in [-0.2, 0) is 14.3 Å². The second-order valence-electron chi connectivity index (χ2n) is 2.26. The fraction of sp³-hybridized carbons (Fsp3) is 0.500. The first-order valence-electron chi connectivity index (χ1n) is 3.26. The van der Waals surface area contributed by atoms with Gasteiger partial charge in [-0.3, -0.25) is 4.90 Å². The Hall–Kier alpha value is -1.59. The van der Waals surface area contributed by atoms with Crippen molar-refractivity contribution < 1.29 is 24.2 Å². The number of carboxylic acid groups (broad SMARTS) is 1. The van der Waals surface area contributed by atoms with Crippen molar-refractivity contribution in [3.8, 4) is 0 Å². The van der Waals surface area contributed by atoms with Crippen LogP contribution in [0.15, 0.2) is 0 Å². The van der Waals surface area contributed by atoms with Gasteiger partial charge in [0.2, 0.25) is 0 Å². The van der Waals surface area contributed by atoms with Gasteiger partial charge in [0.1, 0.15) is 12.3 Å². The molecule has 1 atom stereocenters. The van der Waals surface area contributed by atoms with Crippen LogP contribution in [-0.4, -0.2) is 41.1 Å². The number of esters is 1. The third-order valence-electron chi connectivity index (χ3n) is 1.56. The van der Waals surface area contributed by atoms with Crippen LogP contribution in [0.5, 0.6) is 0 Å². The average Bonchev–Trinajstić information content (AvgIpc) is 2.34. The topological polar surface area (TPSA) is 83.9 Å². The highest BCUT2D eigenvalue weighted by molar-refractivity contribution is 5.85. The molecule has 0 aromatic carbocycles. The second kappa shape index (κ2) is 3.21. The third kappa shape index (κ3) is 1.36. The summed E-state index contributed by atoms with van der Waals surface area (Å²) in [6.45, 7) is -0.285. The molecule has 1 aliphatic rings. The predicted octanol–water partition coefficient (Wildman–Crippen LogP) is -0.562. The van der Waals surface area contributed by atoms with E-state index in [2.05, 4.69) is 4.74 Å². The molecule has 12 heavy (non-hydrogen) atoms. The Bertz CT molecular complexity index is 226. The lowest BCUT2D eigenvalue weighted by atomic mass is 10.2. The molecule has 1 fully saturated rings. The first-order valence-corrected chi connectivity index (χ1v) is 3.26. The minimum absolute atomic E-state index is 0.148. The third-order valence-corrected chi connectivity index (χ3v) is 1.56. The van der Waals surface area contributed by atoms with Crippen molar-refractivity contribution in [3.63, 3.8) is 0 Å². The van der Waals surface area contributed by atoms with E-state index in [1.54, 1.807) is 0 Å². The number of carbonyl (C=O) groups is 3. The first kappa shape index (κ1) is 8.51. The van der Waals surface area contributed by atoms with Crippen LogP contribution in [0.4, 0.5) is 4.79 Å². The summed E-state index contributed by atoms with van der Waals surface area (Å²) in [7, 11) is 0. The fourth-order valence-corrected chi connectivity index (χ4v) is 0.950. The molecule has 66 valence electrons. The Morgan fingerprint density at radius 3 is 3.00 bits per heavy atom. The highest BCUT2D eigenvalue weighted by Crippen LogP contribution is 2.13. The Morgan fingerprint density at radius 1 is 1.83 bits per heavy atom. The van der Waals surface area contributed by atoms with Gasteiger partial charge in [0.25, 0.3) is 0 Å². The number of nitrogens with zero attached hydrogens (tertiary/aromatic N) is 1. The minimum Gasteiger partial charge on any atom is -0.465 e. The molecule has 0 aliphatic carbocycles. The van der Waals surface area contributed by atoms with Crippen LogP contribution in [0.25, 0.3) is 0 Å². The van der Waals surface area contributed by atoms with Crippen molar-refractivity contribution in [2.45, 2.75) is 12.5 Å². The smallest absolute Gasteiger partial charge is 0.410 e. The molecule has 0 spiro atoms. The van der Waals surface area contributed by atoms with E-state index in [4.69, 9.17) is 5.11 Å². The molecule has 1 rings (SSSR count). The zero-order valence-electron chi connectivity index (χ0n) is 6.10. The molecule has 0 aromatic heterocycles. The Kier molecular flexibility index (Phi) is 2.27. The standard InChI is InChI=1S/C6H7NO5/c8-2-1-4-5(9)12-3-7(4)6(10)11/h2,4H,1,3H2,(H,10,11). The normalized spacial score (nSPS) is 22.2. The lowest BCUT2D eigenvalue weighted by molar-refractivity contribution is -0.139. The minimum atomic E-state index is -1.26. The van der Waals surface area contributed by atoms with E-state index in [0.717, 1.165) is 4.90 Å². The van der Waals surface area contributed by atoms with E-state index in [9.17, 15) is 14.4 Å². The molecule has 0 aromatic rings. The largest absolute Gasteiger partial charge is 0.465 e. The van der Waals surface area contributed by atoms with Crippen LogP contribution >= 0.6 is 0 Å². The summed E-state index contributed by atoms with van der Waals surface area (Å²) < 4.78 is 4.44. The predicted molar refractivity (Wildman–Crippen MR) is 35.3 cm³/mol. The van der Waals surface area contributed by atoms with E-state index < -0.39 is 18.1 Å². The summed E-state index contributed by atoms with van der Waals surface area (Å²) in [5.41, 5.74) is 0. The highest BCUT2D eigenvalue weighted by Gasteiger charge is 2.37. The molecule has 1 unspecified atom stereocenters. The van der Waals surface area contributed by atoms with E-state index in [0.29, 0.717) is 6.29 Å². The maximum atomic E-state index is 10.8. The van der Waals surface area contributed by atoms with Crippen molar-refractivity contribution in [1.82, 2.24) is 4.90 Å². The summed E-state index contributed by atoms with van der Waals surface area (Å²) in [5, 5.41) is 8.51. The van der Waals surface area contributed by atoms with Crippen LogP contribution in [0.1, 0.15) is 6.42 Å². The number of ether oxygens (including phenoxy) is 1. The Balaban J connectivity index is 2.69. The molecule has 6 heteroatoms. The molecule has 6 nitrogen and oxygen atoms in total. The molecule has 1 aliphatic heterocycles. The summed E-state index contributed by atoms with van der Waals surface area (Å²) in [6.07, 6.45) is -0.911. The lowest BCUT2D eigenvalue weighted by Gasteiger charge is -2.13. The molecule has 0 saturated carbocycles. The summed E-state index contributed by atoms with van der Waals surface area (Å²) >= 11 is 0. The SMILES string of the molecule is O=CCC1C(=O)OCN1C(=O)O. The van der Waals surface area contributed by atoms with Crippen molar-refractivity contribution >= 4 is 18.3 Å². The van der Waals surface area contributed by atoms with Crippen molar-refractivity contribution in [2.75, 3.05) is 6.73 Å². The fourth-order valence-electron chi connectivity index (χ4n) is 0.950. The molecule has 1 saturated heterocycles. The maximum absolute atomic E-state index is 10.8. The van der Waals surface area contributed by atoms with Gasteiger partial charge in [-0.05, 0) is 0 Å². The van der Waals surface area contributed by atoms with Crippen molar-refractivity contribution in [1.29, 1.82) is 0 Å². The molecule has 1 amide bonds. The summed E-state index contributed by atoms with van der Waals surface area (Å²) in [6, 6.07) is -0.958. The van der Waals surface area contributed by atoms with E-state index in [-0.39, 0.29) is 13.2 Å². The molecule has 1 N–H and O–H groups in total. The van der Waals surface area contributed by atoms with Gasteiger partial charge in [0, 0.05) is 6.42 Å². The molecular weight excluding hydrogens is 166 g/mol. The first-order chi connectivity index (χ1) is 5.66. The van der Waals surface area contributed by atoms with Gasteiger partial charge >= 0.3 is 12.1 Å². The second-order valence-corrected chi connectivity index (χ2v) is 2.26. The van der Waals surface area contributed by atoms with Gasteiger partial charge in [-0.2, -0.15) is 0 Å². The van der Waals surface area contributed by atoms with Gasteiger partial charge in [-0.1, -0.05) is 0 Å². The van der Waals surface area contributed by atoms with Gasteiger partial charge in [0.15, 0.2) is 6.73 Å². The van der Waals surface area contributed by atoms with Gasteiger partial charge in [0.05, 0.1) is 0 Å². The van der Waals surface area contributed by atoms with E-state index in [1.807, 2.05) is 0 Å². The summed E-state index contributed by atoms with van der Waals surface area (Å²) in [5.74, 6) is -0.662. The Labute approximate surface area is 67.7 Å². The van der Waals surface area contributed by atoms with Gasteiger partial charge < -0.3 is 14.6 Å². The van der Waals surface area contributed by atoms with Crippen molar-refractivity contribution in [2.24, 2.45) is 0 Å². The van der Waals surface area contributed by atoms with Crippen LogP contribution in [0, 0.1) is 0 Å². The number of rotatable bonds is 2. The van der Waals surface area contributed by atoms with Crippen LogP contribution in [0.3, 0.4) is 0 Å². The molecule has 0 radical (unpaired) electrons. The number of aldehydes is 1. The molecule has 0 bridgehead atoms. The number of amides is 1.